The van der Waals surface area contributed by atoms with E-state index in [0.717, 1.165) is 5.69 Å². The smallest absolute Gasteiger partial charge is 0.107 e. The molecule has 2 rings (SSSR count). The Morgan fingerprint density at radius 2 is 2.53 bits per heavy atom. The van der Waals surface area contributed by atoms with Gasteiger partial charge in [-0.05, 0) is 6.07 Å². The van der Waals surface area contributed by atoms with Crippen molar-refractivity contribution in [2.75, 3.05) is 25.1 Å². The Morgan fingerprint density at radius 3 is 3.20 bits per heavy atom. The molecule has 5 heteroatoms. The van der Waals surface area contributed by atoms with Crippen molar-refractivity contribution in [1.82, 2.24) is 4.98 Å². The van der Waals surface area contributed by atoms with Gasteiger partial charge in [-0.3, -0.25) is 4.98 Å². The second kappa shape index (κ2) is 4.35. The number of halogens is 1. The molecule has 4 nitrogen and oxygen atoms in total. The zero-order valence-electron chi connectivity index (χ0n) is 8.24. The van der Waals surface area contributed by atoms with Crippen molar-refractivity contribution in [2.24, 2.45) is 0 Å². The Kier molecular flexibility index (Phi) is 3.09. The van der Waals surface area contributed by atoms with Crippen molar-refractivity contribution in [2.45, 2.75) is 12.0 Å². The second-order valence-electron chi connectivity index (χ2n) is 3.74. The predicted molar refractivity (Wildman–Crippen MR) is 58.1 cm³/mol. The van der Waals surface area contributed by atoms with Crippen LogP contribution in [0.4, 0.5) is 5.69 Å². The molecule has 0 aromatic carbocycles. The highest BCUT2D eigenvalue weighted by Gasteiger charge is 2.31. The largest absolute Gasteiger partial charge is 0.386 e. The van der Waals surface area contributed by atoms with E-state index in [1.165, 1.54) is 0 Å². The number of aliphatic hydroxyl groups is 1. The summed E-state index contributed by atoms with van der Waals surface area (Å²) >= 11 is 5.92. The van der Waals surface area contributed by atoms with Crippen LogP contribution in [0.3, 0.4) is 0 Å². The van der Waals surface area contributed by atoms with Gasteiger partial charge in [0.15, 0.2) is 0 Å². The van der Waals surface area contributed by atoms with Crippen LogP contribution in [0.5, 0.6) is 0 Å². The van der Waals surface area contributed by atoms with E-state index >= 15 is 0 Å². The molecule has 15 heavy (non-hydrogen) atoms. The lowest BCUT2D eigenvalue weighted by Crippen LogP contribution is -2.37. The molecule has 1 aromatic heterocycles. The van der Waals surface area contributed by atoms with Crippen LogP contribution in [-0.4, -0.2) is 35.5 Å². The van der Waals surface area contributed by atoms with E-state index in [9.17, 15) is 5.11 Å². The lowest BCUT2D eigenvalue weighted by molar-refractivity contribution is 0.0382. The van der Waals surface area contributed by atoms with E-state index < -0.39 is 5.60 Å². The molecule has 1 aliphatic rings. The summed E-state index contributed by atoms with van der Waals surface area (Å²) in [7, 11) is 0. The molecule has 1 saturated heterocycles. The highest BCUT2D eigenvalue weighted by atomic mass is 35.5. The van der Waals surface area contributed by atoms with E-state index in [2.05, 4.69) is 10.3 Å². The van der Waals surface area contributed by atoms with Gasteiger partial charge in [0.25, 0.3) is 0 Å². The molecule has 0 amide bonds. The fraction of sp³-hybridized carbons (Fsp3) is 0.500. The van der Waals surface area contributed by atoms with Crippen molar-refractivity contribution in [3.63, 3.8) is 0 Å². The lowest BCUT2D eigenvalue weighted by atomic mass is 10.0. The Hall–Kier alpha value is -0.840. The van der Waals surface area contributed by atoms with E-state index in [1.807, 2.05) is 0 Å². The van der Waals surface area contributed by atoms with Crippen LogP contribution in [0, 0.1) is 0 Å². The van der Waals surface area contributed by atoms with Crippen molar-refractivity contribution in [3.8, 4) is 0 Å². The summed E-state index contributed by atoms with van der Waals surface area (Å²) in [6, 6.07) is 1.78. The standard InChI is InChI=1S/C10H13ClN2O2/c11-8-5-12-3-1-9(8)13-6-10(14)2-4-15-7-10/h1,3,5,14H,2,4,6-7H2,(H,12,13). The minimum atomic E-state index is -0.771. The minimum absolute atomic E-state index is 0.378. The lowest BCUT2D eigenvalue weighted by Gasteiger charge is -2.21. The van der Waals surface area contributed by atoms with E-state index in [4.69, 9.17) is 16.3 Å². The highest BCUT2D eigenvalue weighted by Crippen LogP contribution is 2.23. The third-order valence-corrected chi connectivity index (χ3v) is 2.76. The molecule has 1 fully saturated rings. The van der Waals surface area contributed by atoms with Gasteiger partial charge in [0, 0.05) is 32.0 Å². The number of nitrogens with zero attached hydrogens (tertiary/aromatic N) is 1. The number of pyridine rings is 1. The summed E-state index contributed by atoms with van der Waals surface area (Å²) < 4.78 is 5.14. The third kappa shape index (κ3) is 2.59. The summed E-state index contributed by atoms with van der Waals surface area (Å²) in [4.78, 5) is 3.88. The quantitative estimate of drug-likeness (QED) is 0.819. The monoisotopic (exact) mass is 228 g/mol. The molecule has 1 unspecified atom stereocenters. The first-order chi connectivity index (χ1) is 7.20. The average molecular weight is 229 g/mol. The molecule has 0 spiro atoms. The van der Waals surface area contributed by atoms with Crippen LogP contribution in [0.2, 0.25) is 5.02 Å². The maximum Gasteiger partial charge on any atom is 0.107 e. The number of ether oxygens (including phenoxy) is 1. The van der Waals surface area contributed by atoms with Crippen LogP contribution in [0.25, 0.3) is 0 Å². The molecule has 0 aliphatic carbocycles. The van der Waals surface area contributed by atoms with Crippen molar-refractivity contribution >= 4 is 17.3 Å². The summed E-state index contributed by atoms with van der Waals surface area (Å²) in [5.41, 5.74) is 0.0130. The van der Waals surface area contributed by atoms with Crippen LogP contribution < -0.4 is 5.32 Å². The number of rotatable bonds is 3. The van der Waals surface area contributed by atoms with Gasteiger partial charge in [-0.1, -0.05) is 11.6 Å². The fourth-order valence-corrected chi connectivity index (χ4v) is 1.70. The normalized spacial score (nSPS) is 25.5. The van der Waals surface area contributed by atoms with Gasteiger partial charge in [-0.2, -0.15) is 0 Å². The second-order valence-corrected chi connectivity index (χ2v) is 4.14. The Bertz CT molecular complexity index is 340. The topological polar surface area (TPSA) is 54.4 Å². The number of hydrogen-bond donors (Lipinski definition) is 2. The van der Waals surface area contributed by atoms with Gasteiger partial charge in [0.05, 0.1) is 17.3 Å². The minimum Gasteiger partial charge on any atom is -0.386 e. The number of aromatic nitrogens is 1. The molecule has 0 bridgehead atoms. The first kappa shape index (κ1) is 10.7. The van der Waals surface area contributed by atoms with Crippen LogP contribution in [0.1, 0.15) is 6.42 Å². The molecule has 2 heterocycles. The number of nitrogens with one attached hydrogen (secondary N) is 1. The summed E-state index contributed by atoms with van der Waals surface area (Å²) in [6.45, 7) is 1.43. The maximum absolute atomic E-state index is 10.00. The Balaban J connectivity index is 1.95. The van der Waals surface area contributed by atoms with Gasteiger partial charge >= 0.3 is 0 Å². The summed E-state index contributed by atoms with van der Waals surface area (Å²) in [6.07, 6.45) is 3.88. The fourth-order valence-electron chi connectivity index (χ4n) is 1.51. The Labute approximate surface area is 93.2 Å². The van der Waals surface area contributed by atoms with E-state index in [-0.39, 0.29) is 0 Å². The van der Waals surface area contributed by atoms with Crippen molar-refractivity contribution < 1.29 is 9.84 Å². The van der Waals surface area contributed by atoms with Crippen LogP contribution >= 0.6 is 11.6 Å². The molecular weight excluding hydrogens is 216 g/mol. The maximum atomic E-state index is 10.00. The van der Waals surface area contributed by atoms with E-state index in [0.29, 0.717) is 31.2 Å². The first-order valence-corrected chi connectivity index (χ1v) is 5.21. The van der Waals surface area contributed by atoms with Crippen molar-refractivity contribution in [1.29, 1.82) is 0 Å². The average Bonchev–Trinajstić information content (AvgIpc) is 2.65. The van der Waals surface area contributed by atoms with Crippen molar-refractivity contribution in [3.05, 3.63) is 23.5 Å². The van der Waals surface area contributed by atoms with Gasteiger partial charge < -0.3 is 15.2 Å². The first-order valence-electron chi connectivity index (χ1n) is 4.83. The van der Waals surface area contributed by atoms with E-state index in [1.54, 1.807) is 18.5 Å². The zero-order valence-corrected chi connectivity index (χ0v) is 9.00. The molecule has 0 radical (unpaired) electrons. The molecule has 2 N–H and O–H groups in total. The molecule has 1 aliphatic heterocycles. The van der Waals surface area contributed by atoms with Crippen LogP contribution in [0.15, 0.2) is 18.5 Å². The third-order valence-electron chi connectivity index (χ3n) is 2.46. The SMILES string of the molecule is OC1(CNc2ccncc2Cl)CCOC1. The summed E-state index contributed by atoms with van der Waals surface area (Å²) in [5, 5.41) is 13.6. The van der Waals surface area contributed by atoms with Gasteiger partial charge in [-0.15, -0.1) is 0 Å². The molecule has 1 atom stereocenters. The highest BCUT2D eigenvalue weighted by molar-refractivity contribution is 6.33. The molecule has 82 valence electrons. The van der Waals surface area contributed by atoms with Gasteiger partial charge in [0.2, 0.25) is 0 Å². The van der Waals surface area contributed by atoms with Gasteiger partial charge in [0.1, 0.15) is 5.60 Å². The zero-order chi connectivity index (χ0) is 10.7. The number of hydrogen-bond acceptors (Lipinski definition) is 4. The molecule has 1 aromatic rings. The van der Waals surface area contributed by atoms with Crippen LogP contribution in [-0.2, 0) is 4.74 Å². The molecule has 0 saturated carbocycles. The summed E-state index contributed by atoms with van der Waals surface area (Å²) in [5.74, 6) is 0. The number of anilines is 1. The molecular formula is C10H13ClN2O2. The van der Waals surface area contributed by atoms with Gasteiger partial charge in [-0.25, -0.2) is 0 Å². The Morgan fingerprint density at radius 1 is 1.67 bits per heavy atom. The predicted octanol–water partition coefficient (Wildman–Crippen LogP) is 1.30.